The molecule has 0 aromatic carbocycles. The van der Waals surface area contributed by atoms with Gasteiger partial charge in [-0.25, -0.2) is 9.37 Å². The maximum absolute atomic E-state index is 13.1. The lowest BCUT2D eigenvalue weighted by molar-refractivity contribution is 0.423. The molecule has 1 aromatic rings. The Morgan fingerprint density at radius 3 is 2.47 bits per heavy atom. The normalized spacial score (nSPS) is 10.2. The Morgan fingerprint density at radius 1 is 1.40 bits per heavy atom. The van der Waals surface area contributed by atoms with E-state index in [1.165, 1.54) is 6.07 Å². The molecule has 0 unspecified atom stereocenters. The van der Waals surface area contributed by atoms with E-state index in [0.717, 1.165) is 19.3 Å². The number of nitrogens with zero attached hydrogens (tertiary/aromatic N) is 2. The van der Waals surface area contributed by atoms with Gasteiger partial charge in [0.15, 0.2) is 0 Å². The van der Waals surface area contributed by atoms with E-state index in [4.69, 9.17) is 10.0 Å². The van der Waals surface area contributed by atoms with E-state index in [2.05, 4.69) is 4.98 Å². The zero-order valence-corrected chi connectivity index (χ0v) is 8.81. The van der Waals surface area contributed by atoms with Crippen LogP contribution in [0.15, 0.2) is 12.3 Å². The van der Waals surface area contributed by atoms with Gasteiger partial charge >= 0.3 is 7.12 Å². The minimum atomic E-state index is -1.80. The number of aromatic nitrogens is 1. The standard InChI is InChI=1S/C9H14BFN2O2/c1-3-13(4-2)9-5-7(10(14)15)8(11)6-12-9/h5-6,14-15H,3-4H2,1-2H3. The highest BCUT2D eigenvalue weighted by atomic mass is 19.1. The van der Waals surface area contributed by atoms with E-state index in [1.54, 1.807) is 0 Å². The summed E-state index contributed by atoms with van der Waals surface area (Å²) < 4.78 is 13.1. The summed E-state index contributed by atoms with van der Waals surface area (Å²) in [6.45, 7) is 5.36. The molecule has 1 heterocycles. The molecule has 0 spiro atoms. The van der Waals surface area contributed by atoms with Crippen molar-refractivity contribution >= 4 is 18.4 Å². The van der Waals surface area contributed by atoms with Crippen molar-refractivity contribution in [1.82, 2.24) is 4.98 Å². The molecule has 0 atom stereocenters. The number of anilines is 1. The molecule has 2 N–H and O–H groups in total. The molecule has 0 fully saturated rings. The molecule has 0 aliphatic carbocycles. The Bertz CT molecular complexity index is 332. The zero-order chi connectivity index (χ0) is 11.4. The lowest BCUT2D eigenvalue weighted by Crippen LogP contribution is -2.34. The molecule has 0 aliphatic rings. The van der Waals surface area contributed by atoms with Crippen molar-refractivity contribution < 1.29 is 14.4 Å². The van der Waals surface area contributed by atoms with Gasteiger partial charge in [0.05, 0.1) is 6.20 Å². The minimum Gasteiger partial charge on any atom is -0.423 e. The molecule has 0 bridgehead atoms. The van der Waals surface area contributed by atoms with Crippen LogP contribution >= 0.6 is 0 Å². The molecule has 0 amide bonds. The third kappa shape index (κ3) is 2.67. The predicted molar refractivity (Wildman–Crippen MR) is 57.6 cm³/mol. The number of pyridine rings is 1. The Labute approximate surface area is 88.5 Å². The number of hydrogen-bond acceptors (Lipinski definition) is 4. The van der Waals surface area contributed by atoms with Gasteiger partial charge in [-0.2, -0.15) is 0 Å². The first-order chi connectivity index (χ1) is 7.10. The summed E-state index contributed by atoms with van der Waals surface area (Å²) >= 11 is 0. The summed E-state index contributed by atoms with van der Waals surface area (Å²) in [5.74, 6) is -0.162. The van der Waals surface area contributed by atoms with Gasteiger partial charge in [0.25, 0.3) is 0 Å². The van der Waals surface area contributed by atoms with Crippen LogP contribution in [0.3, 0.4) is 0 Å². The second-order valence-corrected chi connectivity index (χ2v) is 3.11. The van der Waals surface area contributed by atoms with E-state index >= 15 is 0 Å². The van der Waals surface area contributed by atoms with Crippen LogP contribution < -0.4 is 10.4 Å². The van der Waals surface area contributed by atoms with Crippen LogP contribution in [0.1, 0.15) is 13.8 Å². The highest BCUT2D eigenvalue weighted by Crippen LogP contribution is 2.08. The molecule has 0 saturated carbocycles. The summed E-state index contributed by atoms with van der Waals surface area (Å²) in [5, 5.41) is 17.9. The van der Waals surface area contributed by atoms with Crippen LogP contribution in [0.25, 0.3) is 0 Å². The third-order valence-corrected chi connectivity index (χ3v) is 2.24. The van der Waals surface area contributed by atoms with Gasteiger partial charge in [0.2, 0.25) is 0 Å². The largest absolute Gasteiger partial charge is 0.491 e. The molecule has 0 radical (unpaired) electrons. The Hall–Kier alpha value is -1.14. The lowest BCUT2D eigenvalue weighted by Gasteiger charge is -2.20. The third-order valence-electron chi connectivity index (χ3n) is 2.24. The molecule has 82 valence electrons. The second kappa shape index (κ2) is 5.09. The molecule has 15 heavy (non-hydrogen) atoms. The van der Waals surface area contributed by atoms with Crippen LogP contribution in [0, 0.1) is 5.82 Å². The van der Waals surface area contributed by atoms with Crippen LogP contribution in [0.2, 0.25) is 0 Å². The molecule has 0 aliphatic heterocycles. The molecule has 1 rings (SSSR count). The van der Waals surface area contributed by atoms with Gasteiger partial charge in [0, 0.05) is 18.6 Å². The quantitative estimate of drug-likeness (QED) is 0.675. The van der Waals surface area contributed by atoms with E-state index in [-0.39, 0.29) is 5.46 Å². The smallest absolute Gasteiger partial charge is 0.423 e. The number of rotatable bonds is 4. The fourth-order valence-electron chi connectivity index (χ4n) is 1.36. The summed E-state index contributed by atoms with van der Waals surface area (Å²) in [6.07, 6.45) is 1.00. The first kappa shape index (κ1) is 11.9. The predicted octanol–water partition coefficient (Wildman–Crippen LogP) is -0.253. The van der Waals surface area contributed by atoms with Crippen LogP contribution in [-0.2, 0) is 0 Å². The van der Waals surface area contributed by atoms with Gasteiger partial charge in [-0.3, -0.25) is 0 Å². The summed E-state index contributed by atoms with van der Waals surface area (Å²) in [7, 11) is -1.80. The Balaban J connectivity index is 3.06. The maximum Gasteiger partial charge on any atom is 0.491 e. The van der Waals surface area contributed by atoms with Crippen molar-refractivity contribution in [1.29, 1.82) is 0 Å². The number of halogens is 1. The summed E-state index contributed by atoms with van der Waals surface area (Å²) in [6, 6.07) is 1.35. The van der Waals surface area contributed by atoms with Gasteiger partial charge in [-0.15, -0.1) is 0 Å². The Morgan fingerprint density at radius 2 is 2.00 bits per heavy atom. The highest BCUT2D eigenvalue weighted by Gasteiger charge is 2.18. The van der Waals surface area contributed by atoms with Gasteiger partial charge in [-0.05, 0) is 19.9 Å². The van der Waals surface area contributed by atoms with Gasteiger partial charge < -0.3 is 14.9 Å². The summed E-state index contributed by atoms with van der Waals surface area (Å²) in [5.41, 5.74) is -0.146. The van der Waals surface area contributed by atoms with E-state index in [0.29, 0.717) is 5.82 Å². The van der Waals surface area contributed by atoms with Gasteiger partial charge in [0.1, 0.15) is 11.6 Å². The first-order valence-corrected chi connectivity index (χ1v) is 4.86. The molecular weight excluding hydrogens is 198 g/mol. The fraction of sp³-hybridized carbons (Fsp3) is 0.444. The van der Waals surface area contributed by atoms with Crippen LogP contribution in [0.4, 0.5) is 10.2 Å². The second-order valence-electron chi connectivity index (χ2n) is 3.11. The molecular formula is C9H14BFN2O2. The number of hydrogen-bond donors (Lipinski definition) is 2. The average Bonchev–Trinajstić information content (AvgIpc) is 2.21. The van der Waals surface area contributed by atoms with E-state index in [1.807, 2.05) is 18.7 Å². The topological polar surface area (TPSA) is 56.6 Å². The molecule has 0 saturated heterocycles. The molecule has 1 aromatic heterocycles. The maximum atomic E-state index is 13.1. The molecule has 6 heteroatoms. The highest BCUT2D eigenvalue weighted by molar-refractivity contribution is 6.58. The first-order valence-electron chi connectivity index (χ1n) is 4.86. The monoisotopic (exact) mass is 212 g/mol. The van der Waals surface area contributed by atoms with Crippen molar-refractivity contribution in [3.63, 3.8) is 0 Å². The fourth-order valence-corrected chi connectivity index (χ4v) is 1.36. The SMILES string of the molecule is CCN(CC)c1cc(B(O)O)c(F)cn1. The van der Waals surface area contributed by atoms with Crippen molar-refractivity contribution in [2.24, 2.45) is 0 Å². The minimum absolute atomic E-state index is 0.146. The average molecular weight is 212 g/mol. The van der Waals surface area contributed by atoms with Crippen molar-refractivity contribution in [3.8, 4) is 0 Å². The molecule has 4 nitrogen and oxygen atoms in total. The van der Waals surface area contributed by atoms with Crippen LogP contribution in [-0.4, -0.2) is 35.2 Å². The lowest BCUT2D eigenvalue weighted by atomic mass is 9.80. The zero-order valence-electron chi connectivity index (χ0n) is 8.81. The van der Waals surface area contributed by atoms with E-state index < -0.39 is 12.9 Å². The van der Waals surface area contributed by atoms with Crippen molar-refractivity contribution in [2.45, 2.75) is 13.8 Å². The van der Waals surface area contributed by atoms with Crippen molar-refractivity contribution in [2.75, 3.05) is 18.0 Å². The van der Waals surface area contributed by atoms with Crippen molar-refractivity contribution in [3.05, 3.63) is 18.1 Å². The van der Waals surface area contributed by atoms with Gasteiger partial charge in [-0.1, -0.05) is 0 Å². The van der Waals surface area contributed by atoms with Crippen LogP contribution in [0.5, 0.6) is 0 Å². The summed E-state index contributed by atoms with van der Waals surface area (Å²) in [4.78, 5) is 5.79. The Kier molecular flexibility index (Phi) is 4.05. The van der Waals surface area contributed by atoms with E-state index in [9.17, 15) is 4.39 Å².